The highest BCUT2D eigenvalue weighted by molar-refractivity contribution is 7.94. The van der Waals surface area contributed by atoms with Crippen LogP contribution >= 0.6 is 0 Å². The molecule has 0 unspecified atom stereocenters. The Morgan fingerprint density at radius 1 is 1.11 bits per heavy atom. The fraction of sp³-hybridized carbons (Fsp3) is 0.318. The minimum atomic E-state index is -3.29. The molecular formula is C22H25NO4S. The molecule has 0 radical (unpaired) electrons. The molecule has 0 bridgehead atoms. The molecule has 2 aromatic carbocycles. The highest BCUT2D eigenvalue weighted by Crippen LogP contribution is 2.24. The average molecular weight is 400 g/mol. The molecular weight excluding hydrogens is 374 g/mol. The van der Waals surface area contributed by atoms with Crippen LogP contribution in [0.2, 0.25) is 0 Å². The van der Waals surface area contributed by atoms with E-state index in [9.17, 15) is 13.2 Å². The third kappa shape index (κ3) is 4.81. The first-order valence-corrected chi connectivity index (χ1v) is 11.0. The first-order valence-electron chi connectivity index (χ1n) is 9.27. The van der Waals surface area contributed by atoms with E-state index >= 15 is 0 Å². The van der Waals surface area contributed by atoms with E-state index in [2.05, 4.69) is 13.8 Å². The fourth-order valence-electron chi connectivity index (χ4n) is 3.11. The van der Waals surface area contributed by atoms with Crippen LogP contribution in [0.15, 0.2) is 60.0 Å². The van der Waals surface area contributed by atoms with E-state index in [4.69, 9.17) is 4.74 Å². The van der Waals surface area contributed by atoms with Crippen LogP contribution in [0.3, 0.4) is 0 Å². The van der Waals surface area contributed by atoms with Gasteiger partial charge in [-0.25, -0.2) is 8.42 Å². The fourth-order valence-corrected chi connectivity index (χ4v) is 4.38. The summed E-state index contributed by atoms with van der Waals surface area (Å²) in [6.07, 6.45) is 1.56. The average Bonchev–Trinajstić information content (AvgIpc) is 3.01. The maximum atomic E-state index is 12.9. The van der Waals surface area contributed by atoms with Gasteiger partial charge in [-0.15, -0.1) is 0 Å². The van der Waals surface area contributed by atoms with Crippen LogP contribution in [-0.2, 0) is 14.6 Å². The molecule has 6 heteroatoms. The van der Waals surface area contributed by atoms with Gasteiger partial charge < -0.3 is 9.64 Å². The SMILES string of the molecule is Cc1ccc(N(C(=O)COc2ccc(C(C)C)cc2)[C@H]2C=CS(=O)(=O)C2)cc1. The van der Waals surface area contributed by atoms with Crippen LogP contribution in [0.4, 0.5) is 5.69 Å². The highest BCUT2D eigenvalue weighted by Gasteiger charge is 2.31. The minimum Gasteiger partial charge on any atom is -0.484 e. The van der Waals surface area contributed by atoms with Gasteiger partial charge in [-0.3, -0.25) is 4.79 Å². The molecule has 1 aliphatic rings. The number of anilines is 1. The Balaban J connectivity index is 1.76. The van der Waals surface area contributed by atoms with Crippen LogP contribution in [0.5, 0.6) is 5.75 Å². The Kier molecular flexibility index (Phi) is 5.89. The monoisotopic (exact) mass is 399 g/mol. The zero-order chi connectivity index (χ0) is 20.3. The Labute approximate surface area is 166 Å². The second-order valence-corrected chi connectivity index (χ2v) is 9.27. The number of nitrogens with zero attached hydrogens (tertiary/aromatic N) is 1. The maximum absolute atomic E-state index is 12.9. The van der Waals surface area contributed by atoms with Gasteiger partial charge in [0.05, 0.1) is 11.8 Å². The van der Waals surface area contributed by atoms with E-state index in [1.165, 1.54) is 15.9 Å². The first kappa shape index (κ1) is 20.1. The number of carbonyl (C=O) groups excluding carboxylic acids is 1. The quantitative estimate of drug-likeness (QED) is 0.740. The highest BCUT2D eigenvalue weighted by atomic mass is 32.2. The zero-order valence-corrected chi connectivity index (χ0v) is 17.1. The van der Waals surface area contributed by atoms with Crippen LogP contribution < -0.4 is 9.64 Å². The standard InChI is InChI=1S/C22H25NO4S/c1-16(2)18-6-10-21(11-7-18)27-14-22(24)23(19-8-4-17(3)5-9-19)20-12-13-28(25,26)15-20/h4-13,16,20H,14-15H2,1-3H3/t20-/m0/s1. The van der Waals surface area contributed by atoms with Crippen LogP contribution in [0.1, 0.15) is 30.9 Å². The number of aryl methyl sites for hydroxylation is 1. The molecule has 2 aromatic rings. The predicted molar refractivity (Wildman–Crippen MR) is 111 cm³/mol. The number of hydrogen-bond donors (Lipinski definition) is 0. The second kappa shape index (κ2) is 8.19. The molecule has 0 saturated carbocycles. The van der Waals surface area contributed by atoms with Crippen molar-refractivity contribution in [2.75, 3.05) is 17.3 Å². The molecule has 1 atom stereocenters. The van der Waals surface area contributed by atoms with Gasteiger partial charge in [-0.05, 0) is 48.7 Å². The van der Waals surface area contributed by atoms with Crippen molar-refractivity contribution in [1.29, 1.82) is 0 Å². The molecule has 1 aliphatic heterocycles. The zero-order valence-electron chi connectivity index (χ0n) is 16.3. The summed E-state index contributed by atoms with van der Waals surface area (Å²) in [5.74, 6) is 0.624. The molecule has 3 rings (SSSR count). The number of carbonyl (C=O) groups is 1. The molecule has 0 saturated heterocycles. The number of hydrogen-bond acceptors (Lipinski definition) is 4. The lowest BCUT2D eigenvalue weighted by atomic mass is 10.0. The smallest absolute Gasteiger partial charge is 0.265 e. The van der Waals surface area contributed by atoms with E-state index in [1.807, 2.05) is 55.5 Å². The Hall–Kier alpha value is -2.60. The molecule has 0 N–H and O–H groups in total. The van der Waals surface area contributed by atoms with E-state index in [-0.39, 0.29) is 18.3 Å². The van der Waals surface area contributed by atoms with Gasteiger partial charge in [0.2, 0.25) is 0 Å². The van der Waals surface area contributed by atoms with Crippen molar-refractivity contribution in [1.82, 2.24) is 0 Å². The number of amides is 1. The summed E-state index contributed by atoms with van der Waals surface area (Å²) in [5, 5.41) is 1.18. The third-order valence-corrected chi connectivity index (χ3v) is 6.11. The second-order valence-electron chi connectivity index (χ2n) is 7.34. The van der Waals surface area contributed by atoms with Crippen molar-refractivity contribution in [3.05, 3.63) is 71.1 Å². The molecule has 28 heavy (non-hydrogen) atoms. The van der Waals surface area contributed by atoms with Crippen molar-refractivity contribution in [2.24, 2.45) is 0 Å². The summed E-state index contributed by atoms with van der Waals surface area (Å²) in [6.45, 7) is 6.02. The predicted octanol–water partition coefficient (Wildman–Crippen LogP) is 3.84. The van der Waals surface area contributed by atoms with Crippen LogP contribution in [0, 0.1) is 6.92 Å². The lowest BCUT2D eigenvalue weighted by molar-refractivity contribution is -0.120. The van der Waals surface area contributed by atoms with Crippen molar-refractivity contribution in [3.8, 4) is 5.75 Å². The summed E-state index contributed by atoms with van der Waals surface area (Å²) < 4.78 is 29.4. The number of rotatable bonds is 6. The Bertz CT molecular complexity index is 961. The van der Waals surface area contributed by atoms with Gasteiger partial charge in [0, 0.05) is 11.1 Å². The minimum absolute atomic E-state index is 0.115. The lowest BCUT2D eigenvalue weighted by Gasteiger charge is -2.27. The van der Waals surface area contributed by atoms with Crippen LogP contribution in [0.25, 0.3) is 0 Å². The van der Waals surface area contributed by atoms with Gasteiger partial charge in [0.1, 0.15) is 5.75 Å². The van der Waals surface area contributed by atoms with E-state index in [0.717, 1.165) is 5.56 Å². The lowest BCUT2D eigenvalue weighted by Crippen LogP contribution is -2.43. The van der Waals surface area contributed by atoms with Gasteiger partial charge >= 0.3 is 0 Å². The van der Waals surface area contributed by atoms with Gasteiger partial charge in [0.25, 0.3) is 5.91 Å². The molecule has 0 aliphatic carbocycles. The van der Waals surface area contributed by atoms with E-state index in [0.29, 0.717) is 17.4 Å². The number of sulfone groups is 1. The third-order valence-electron chi connectivity index (χ3n) is 4.73. The van der Waals surface area contributed by atoms with E-state index < -0.39 is 15.9 Å². The van der Waals surface area contributed by atoms with Gasteiger partial charge in [0.15, 0.2) is 16.4 Å². The Morgan fingerprint density at radius 2 is 1.75 bits per heavy atom. The molecule has 0 spiro atoms. The summed E-state index contributed by atoms with van der Waals surface area (Å²) in [7, 11) is -3.29. The topological polar surface area (TPSA) is 63.7 Å². The summed E-state index contributed by atoms with van der Waals surface area (Å²) in [6, 6.07) is 14.6. The van der Waals surface area contributed by atoms with Crippen molar-refractivity contribution >= 4 is 21.4 Å². The summed E-state index contributed by atoms with van der Waals surface area (Å²) >= 11 is 0. The molecule has 5 nitrogen and oxygen atoms in total. The van der Waals surface area contributed by atoms with Gasteiger partial charge in [-0.2, -0.15) is 0 Å². The molecule has 1 amide bonds. The first-order chi connectivity index (χ1) is 13.2. The largest absolute Gasteiger partial charge is 0.484 e. The maximum Gasteiger partial charge on any atom is 0.265 e. The molecule has 1 heterocycles. The number of ether oxygens (including phenoxy) is 1. The molecule has 148 valence electrons. The summed E-state index contributed by atoms with van der Waals surface area (Å²) in [5.41, 5.74) is 2.91. The van der Waals surface area contributed by atoms with Gasteiger partial charge in [-0.1, -0.05) is 43.7 Å². The Morgan fingerprint density at radius 3 is 2.29 bits per heavy atom. The van der Waals surface area contributed by atoms with Crippen LogP contribution in [-0.4, -0.2) is 32.7 Å². The normalized spacial score (nSPS) is 17.6. The summed E-state index contributed by atoms with van der Waals surface area (Å²) in [4.78, 5) is 14.5. The van der Waals surface area contributed by atoms with Crippen molar-refractivity contribution in [2.45, 2.75) is 32.7 Å². The number of benzene rings is 2. The van der Waals surface area contributed by atoms with Crippen molar-refractivity contribution in [3.63, 3.8) is 0 Å². The molecule has 0 aromatic heterocycles. The molecule has 0 fully saturated rings. The van der Waals surface area contributed by atoms with E-state index in [1.54, 1.807) is 6.08 Å². The van der Waals surface area contributed by atoms with Crippen molar-refractivity contribution < 1.29 is 17.9 Å².